The van der Waals surface area contributed by atoms with Gasteiger partial charge in [-0.25, -0.2) is 0 Å². The van der Waals surface area contributed by atoms with Gasteiger partial charge in [0.2, 0.25) is 0 Å². The van der Waals surface area contributed by atoms with Gasteiger partial charge in [-0.3, -0.25) is 0 Å². The lowest BCUT2D eigenvalue weighted by atomic mass is 10.1. The Labute approximate surface area is 84.0 Å². The first-order valence-corrected chi connectivity index (χ1v) is 4.94. The maximum absolute atomic E-state index is 2.28. The van der Waals surface area contributed by atoms with Crippen LogP contribution in [0.15, 0.2) is 24.3 Å². The summed E-state index contributed by atoms with van der Waals surface area (Å²) in [5.41, 5.74) is 2.89. The summed E-state index contributed by atoms with van der Waals surface area (Å²) >= 11 is 0. The minimum absolute atomic E-state index is 0. The molecule has 0 saturated heterocycles. The number of rotatable bonds is 2. The Kier molecular flexibility index (Phi) is 10.5. The highest BCUT2D eigenvalue weighted by Gasteiger charge is 1.89. The summed E-state index contributed by atoms with van der Waals surface area (Å²) < 4.78 is 0. The van der Waals surface area contributed by atoms with E-state index in [-0.39, 0.29) is 7.43 Å². The smallest absolute Gasteiger partial charge is 0.0307 e. The Morgan fingerprint density at radius 1 is 0.923 bits per heavy atom. The number of aryl methyl sites for hydroxylation is 2. The first-order valence-electron chi connectivity index (χ1n) is 4.94. The molecule has 0 aliphatic rings. The van der Waals surface area contributed by atoms with Crippen LogP contribution in [0.2, 0.25) is 0 Å². The first kappa shape index (κ1) is 14.7. The van der Waals surface area contributed by atoms with Gasteiger partial charge in [0, 0.05) is 0 Å². The van der Waals surface area contributed by atoms with Crippen LogP contribution < -0.4 is 0 Å². The van der Waals surface area contributed by atoms with E-state index < -0.39 is 0 Å². The van der Waals surface area contributed by atoms with Gasteiger partial charge in [-0.1, -0.05) is 59.4 Å². The molecule has 0 aliphatic heterocycles. The topological polar surface area (TPSA) is 0 Å². The van der Waals surface area contributed by atoms with Crippen molar-refractivity contribution in [3.63, 3.8) is 0 Å². The molecule has 0 unspecified atom stereocenters. The molecule has 0 atom stereocenters. The molecular formula is C13H24. The van der Waals surface area contributed by atoms with E-state index in [0.717, 1.165) is 12.8 Å². The monoisotopic (exact) mass is 180 g/mol. The Balaban J connectivity index is 0. The zero-order valence-electron chi connectivity index (χ0n) is 8.72. The maximum Gasteiger partial charge on any atom is -0.0307 e. The van der Waals surface area contributed by atoms with Crippen molar-refractivity contribution in [1.29, 1.82) is 0 Å². The molecule has 0 saturated carbocycles. The first-order chi connectivity index (χ1) is 5.86. The van der Waals surface area contributed by atoms with Crippen LogP contribution >= 0.6 is 0 Å². The molecule has 0 aromatic heterocycles. The second-order valence-electron chi connectivity index (χ2n) is 2.53. The van der Waals surface area contributed by atoms with Crippen molar-refractivity contribution in [3.8, 4) is 0 Å². The second kappa shape index (κ2) is 9.31. The van der Waals surface area contributed by atoms with Crippen LogP contribution in [-0.4, -0.2) is 0 Å². The van der Waals surface area contributed by atoms with E-state index >= 15 is 0 Å². The second-order valence-corrected chi connectivity index (χ2v) is 2.53. The van der Waals surface area contributed by atoms with E-state index in [1.165, 1.54) is 11.1 Å². The fraction of sp³-hybridized carbons (Fsp3) is 0.538. The lowest BCUT2D eigenvalue weighted by Gasteiger charge is -1.98. The van der Waals surface area contributed by atoms with Crippen molar-refractivity contribution in [3.05, 3.63) is 35.4 Å². The highest BCUT2D eigenvalue weighted by Crippen LogP contribution is 2.05. The number of hydrogen-bond acceptors (Lipinski definition) is 0. The zero-order valence-corrected chi connectivity index (χ0v) is 8.72. The predicted octanol–water partition coefficient (Wildman–Crippen LogP) is 4.47. The predicted molar refractivity (Wildman–Crippen MR) is 63.3 cm³/mol. The van der Waals surface area contributed by atoms with Crippen LogP contribution in [0.3, 0.4) is 0 Å². The van der Waals surface area contributed by atoms with Crippen LogP contribution in [0.1, 0.15) is 46.2 Å². The van der Waals surface area contributed by atoms with Gasteiger partial charge in [0.1, 0.15) is 0 Å². The third kappa shape index (κ3) is 5.46. The van der Waals surface area contributed by atoms with E-state index in [4.69, 9.17) is 0 Å². The Morgan fingerprint density at radius 3 is 1.62 bits per heavy atom. The molecule has 0 nitrogen and oxygen atoms in total. The van der Waals surface area contributed by atoms with Crippen LogP contribution in [0.25, 0.3) is 0 Å². The van der Waals surface area contributed by atoms with Crippen molar-refractivity contribution in [1.82, 2.24) is 0 Å². The van der Waals surface area contributed by atoms with Crippen molar-refractivity contribution in [2.45, 2.75) is 48.0 Å². The Hall–Kier alpha value is -0.780. The highest BCUT2D eigenvalue weighted by molar-refractivity contribution is 5.23. The summed E-state index contributed by atoms with van der Waals surface area (Å²) in [6, 6.07) is 8.77. The van der Waals surface area contributed by atoms with Crippen molar-refractivity contribution in [2.75, 3.05) is 0 Å². The van der Waals surface area contributed by atoms with Gasteiger partial charge < -0.3 is 0 Å². The average Bonchev–Trinajstić information content (AvgIpc) is 2.21. The molecule has 1 aromatic rings. The zero-order chi connectivity index (χ0) is 9.40. The van der Waals surface area contributed by atoms with Gasteiger partial charge in [-0.15, -0.1) is 0 Å². The van der Waals surface area contributed by atoms with Crippen molar-refractivity contribution in [2.24, 2.45) is 0 Å². The summed E-state index contributed by atoms with van der Waals surface area (Å²) in [7, 11) is 0. The Morgan fingerprint density at radius 2 is 1.31 bits per heavy atom. The summed E-state index contributed by atoms with van der Waals surface area (Å²) in [5.74, 6) is 0. The van der Waals surface area contributed by atoms with Crippen LogP contribution in [0.4, 0.5) is 0 Å². The summed E-state index contributed by atoms with van der Waals surface area (Å²) in [6.07, 6.45) is 2.29. The van der Waals surface area contributed by atoms with Gasteiger partial charge in [0.05, 0.1) is 0 Å². The van der Waals surface area contributed by atoms with Gasteiger partial charge in [0.15, 0.2) is 0 Å². The molecule has 0 radical (unpaired) electrons. The highest BCUT2D eigenvalue weighted by atomic mass is 13.9. The largest absolute Gasteiger partial charge is 0.0776 e. The molecule has 0 heterocycles. The van der Waals surface area contributed by atoms with Crippen LogP contribution in [0, 0.1) is 0 Å². The third-order valence-corrected chi connectivity index (χ3v) is 1.81. The van der Waals surface area contributed by atoms with E-state index in [2.05, 4.69) is 38.1 Å². The lowest BCUT2D eigenvalue weighted by molar-refractivity contribution is 1.09. The SMILES string of the molecule is C.CC.CCc1cccc(CC)c1. The van der Waals surface area contributed by atoms with E-state index in [9.17, 15) is 0 Å². The molecule has 0 fully saturated rings. The summed E-state index contributed by atoms with van der Waals surface area (Å²) in [4.78, 5) is 0. The van der Waals surface area contributed by atoms with Crippen molar-refractivity contribution >= 4 is 0 Å². The van der Waals surface area contributed by atoms with Gasteiger partial charge in [-0.05, 0) is 24.0 Å². The number of hydrogen-bond donors (Lipinski definition) is 0. The standard InChI is InChI=1S/C10H14.C2H6.CH4/c1-3-9-6-5-7-10(4-2)8-9;1-2;/h5-8H,3-4H2,1-2H3;1-2H3;1H4. The van der Waals surface area contributed by atoms with Crippen molar-refractivity contribution < 1.29 is 0 Å². The van der Waals surface area contributed by atoms with Gasteiger partial charge >= 0.3 is 0 Å². The molecular weight excluding hydrogens is 156 g/mol. The van der Waals surface area contributed by atoms with E-state index in [0.29, 0.717) is 0 Å². The molecule has 76 valence electrons. The van der Waals surface area contributed by atoms with Gasteiger partial charge in [-0.2, -0.15) is 0 Å². The fourth-order valence-electron chi connectivity index (χ4n) is 1.07. The minimum atomic E-state index is 0. The maximum atomic E-state index is 2.28. The third-order valence-electron chi connectivity index (χ3n) is 1.81. The molecule has 0 N–H and O–H groups in total. The summed E-state index contributed by atoms with van der Waals surface area (Å²) in [6.45, 7) is 8.38. The van der Waals surface area contributed by atoms with Crippen LogP contribution in [-0.2, 0) is 12.8 Å². The molecule has 0 aliphatic carbocycles. The molecule has 0 bridgehead atoms. The molecule has 1 rings (SSSR count). The molecule has 0 spiro atoms. The molecule has 0 heteroatoms. The quantitative estimate of drug-likeness (QED) is 0.629. The van der Waals surface area contributed by atoms with Crippen LogP contribution in [0.5, 0.6) is 0 Å². The van der Waals surface area contributed by atoms with Gasteiger partial charge in [0.25, 0.3) is 0 Å². The molecule has 1 aromatic carbocycles. The van der Waals surface area contributed by atoms with E-state index in [1.54, 1.807) is 0 Å². The fourth-order valence-corrected chi connectivity index (χ4v) is 1.07. The molecule has 13 heavy (non-hydrogen) atoms. The molecule has 0 amide bonds. The number of benzene rings is 1. The lowest BCUT2D eigenvalue weighted by Crippen LogP contribution is -1.83. The Bertz CT molecular complexity index is 182. The van der Waals surface area contributed by atoms with E-state index in [1.807, 2.05) is 13.8 Å². The minimum Gasteiger partial charge on any atom is -0.0776 e. The normalized spacial score (nSPS) is 8.00. The summed E-state index contributed by atoms with van der Waals surface area (Å²) in [5, 5.41) is 0. The average molecular weight is 180 g/mol.